The molecule has 5 nitrogen and oxygen atoms in total. The molecule has 0 radical (unpaired) electrons. The monoisotopic (exact) mass is 235 g/mol. The molecule has 1 unspecified atom stereocenters. The molecule has 0 aliphatic carbocycles. The average Bonchev–Trinajstić information content (AvgIpc) is 2.68. The van der Waals surface area contributed by atoms with Crippen LogP contribution < -0.4 is 10.6 Å². The summed E-state index contributed by atoms with van der Waals surface area (Å²) in [5.41, 5.74) is 7.82. The smallest absolute Gasteiger partial charge is 0.298 e. The number of anilines is 2. The van der Waals surface area contributed by atoms with Crippen molar-refractivity contribution < 1.29 is 9.52 Å². The summed E-state index contributed by atoms with van der Waals surface area (Å²) >= 11 is 0. The summed E-state index contributed by atoms with van der Waals surface area (Å²) in [6.07, 6.45) is 0.356. The lowest BCUT2D eigenvalue weighted by molar-refractivity contribution is 0.186. The molecule has 0 spiro atoms. The normalized spacial score (nSPS) is 12.9. The number of hydrogen-bond acceptors (Lipinski definition) is 5. The first-order chi connectivity index (χ1) is 8.06. The van der Waals surface area contributed by atoms with Crippen LogP contribution in [-0.4, -0.2) is 29.8 Å². The third-order valence-corrected chi connectivity index (χ3v) is 2.61. The molecule has 2 aromatic rings. The molecule has 92 valence electrons. The van der Waals surface area contributed by atoms with Crippen LogP contribution in [0.5, 0.6) is 0 Å². The maximum atomic E-state index is 9.23. The minimum atomic E-state index is -0.322. The second-order valence-electron chi connectivity index (χ2n) is 4.28. The first-order valence-corrected chi connectivity index (χ1v) is 5.61. The van der Waals surface area contributed by atoms with Crippen LogP contribution in [0.4, 0.5) is 11.7 Å². The Kier molecular flexibility index (Phi) is 3.19. The van der Waals surface area contributed by atoms with E-state index in [2.05, 4.69) is 4.98 Å². The van der Waals surface area contributed by atoms with Crippen molar-refractivity contribution in [3.05, 3.63) is 18.2 Å². The van der Waals surface area contributed by atoms with Crippen LogP contribution in [-0.2, 0) is 0 Å². The van der Waals surface area contributed by atoms with Gasteiger partial charge in [0.1, 0.15) is 5.52 Å². The molecule has 0 fully saturated rings. The van der Waals surface area contributed by atoms with Crippen molar-refractivity contribution in [2.24, 2.45) is 0 Å². The van der Waals surface area contributed by atoms with Crippen molar-refractivity contribution >= 4 is 22.8 Å². The first kappa shape index (κ1) is 11.7. The number of rotatable bonds is 4. The fourth-order valence-corrected chi connectivity index (χ4v) is 1.57. The van der Waals surface area contributed by atoms with Gasteiger partial charge >= 0.3 is 0 Å². The largest absolute Gasteiger partial charge is 0.423 e. The molecule has 0 bridgehead atoms. The maximum absolute atomic E-state index is 9.23. The van der Waals surface area contributed by atoms with Crippen LogP contribution >= 0.6 is 0 Å². The Morgan fingerprint density at radius 2 is 2.29 bits per heavy atom. The van der Waals surface area contributed by atoms with Gasteiger partial charge in [0.15, 0.2) is 5.58 Å². The number of hydrogen-bond donors (Lipinski definition) is 2. The van der Waals surface area contributed by atoms with Crippen molar-refractivity contribution in [2.75, 3.05) is 24.2 Å². The third kappa shape index (κ3) is 2.68. The van der Waals surface area contributed by atoms with Crippen molar-refractivity contribution in [3.63, 3.8) is 0 Å². The number of benzene rings is 1. The zero-order valence-corrected chi connectivity index (χ0v) is 10.1. The summed E-state index contributed by atoms with van der Waals surface area (Å²) in [6.45, 7) is 2.46. The predicted octanol–water partition coefficient (Wildman–Crippen LogP) is 1.62. The van der Waals surface area contributed by atoms with Crippen LogP contribution in [0.15, 0.2) is 22.6 Å². The van der Waals surface area contributed by atoms with E-state index in [1.54, 1.807) is 19.1 Å². The van der Waals surface area contributed by atoms with Gasteiger partial charge in [0.05, 0.1) is 6.10 Å². The zero-order valence-electron chi connectivity index (χ0n) is 10.1. The number of nitrogen functional groups attached to an aromatic ring is 1. The standard InChI is InChI=1S/C12H17N3O2/c1-8(16)5-6-15(2)12-14-10-7-9(13)3-4-11(10)17-12/h3-4,7-8,16H,5-6,13H2,1-2H3. The summed E-state index contributed by atoms with van der Waals surface area (Å²) in [5.74, 6) is 0. The lowest BCUT2D eigenvalue weighted by Crippen LogP contribution is -2.21. The topological polar surface area (TPSA) is 75.5 Å². The lowest BCUT2D eigenvalue weighted by atomic mass is 10.3. The molecule has 5 heteroatoms. The van der Waals surface area contributed by atoms with E-state index < -0.39 is 0 Å². The van der Waals surface area contributed by atoms with Gasteiger partial charge in [-0.3, -0.25) is 0 Å². The van der Waals surface area contributed by atoms with Crippen LogP contribution in [0, 0.1) is 0 Å². The molecular formula is C12H17N3O2. The van der Waals surface area contributed by atoms with Gasteiger partial charge in [-0.2, -0.15) is 4.98 Å². The molecule has 17 heavy (non-hydrogen) atoms. The Balaban J connectivity index is 2.18. The Labute approximate surface area is 99.8 Å². The molecule has 0 amide bonds. The van der Waals surface area contributed by atoms with Crippen LogP contribution in [0.25, 0.3) is 11.1 Å². The fourth-order valence-electron chi connectivity index (χ4n) is 1.57. The highest BCUT2D eigenvalue weighted by atomic mass is 16.4. The molecule has 0 aliphatic rings. The number of oxazole rings is 1. The fraction of sp³-hybridized carbons (Fsp3) is 0.417. The zero-order chi connectivity index (χ0) is 12.4. The van der Waals surface area contributed by atoms with Gasteiger partial charge in [0, 0.05) is 19.3 Å². The minimum Gasteiger partial charge on any atom is -0.423 e. The number of fused-ring (bicyclic) bond motifs is 1. The molecule has 1 aromatic heterocycles. The van der Waals surface area contributed by atoms with Crippen LogP contribution in [0.3, 0.4) is 0 Å². The molecule has 2 rings (SSSR count). The van der Waals surface area contributed by atoms with Crippen LogP contribution in [0.1, 0.15) is 13.3 Å². The van der Waals surface area contributed by atoms with Crippen molar-refractivity contribution in [3.8, 4) is 0 Å². The van der Waals surface area contributed by atoms with Gasteiger partial charge in [-0.05, 0) is 31.5 Å². The van der Waals surface area contributed by atoms with Gasteiger partial charge in [0.25, 0.3) is 6.01 Å². The Bertz CT molecular complexity index is 507. The Hall–Kier alpha value is -1.75. The molecule has 0 saturated carbocycles. The van der Waals surface area contributed by atoms with Gasteiger partial charge < -0.3 is 20.2 Å². The van der Waals surface area contributed by atoms with E-state index in [0.29, 0.717) is 24.7 Å². The highest BCUT2D eigenvalue weighted by molar-refractivity contribution is 5.78. The number of aliphatic hydroxyl groups excluding tert-OH is 1. The molecular weight excluding hydrogens is 218 g/mol. The van der Waals surface area contributed by atoms with E-state index in [9.17, 15) is 5.11 Å². The van der Waals surface area contributed by atoms with E-state index in [4.69, 9.17) is 10.2 Å². The first-order valence-electron chi connectivity index (χ1n) is 5.61. The second kappa shape index (κ2) is 4.63. The van der Waals surface area contributed by atoms with Crippen molar-refractivity contribution in [1.29, 1.82) is 0 Å². The quantitative estimate of drug-likeness (QED) is 0.787. The highest BCUT2D eigenvalue weighted by Crippen LogP contribution is 2.23. The van der Waals surface area contributed by atoms with Crippen LogP contribution in [0.2, 0.25) is 0 Å². The summed E-state index contributed by atoms with van der Waals surface area (Å²) in [4.78, 5) is 6.23. The van der Waals surface area contributed by atoms with E-state index in [1.165, 1.54) is 0 Å². The summed E-state index contributed by atoms with van der Waals surface area (Å²) in [5, 5.41) is 9.23. The second-order valence-corrected chi connectivity index (χ2v) is 4.28. The summed E-state index contributed by atoms with van der Waals surface area (Å²) in [7, 11) is 1.89. The number of aliphatic hydroxyl groups is 1. The molecule has 1 heterocycles. The number of nitrogens with two attached hydrogens (primary N) is 1. The molecule has 0 aliphatic heterocycles. The Morgan fingerprint density at radius 3 is 3.00 bits per heavy atom. The highest BCUT2D eigenvalue weighted by Gasteiger charge is 2.10. The Morgan fingerprint density at radius 1 is 1.53 bits per heavy atom. The molecule has 3 N–H and O–H groups in total. The van der Waals surface area contributed by atoms with E-state index in [0.717, 1.165) is 11.1 Å². The predicted molar refractivity (Wildman–Crippen MR) is 68.0 cm³/mol. The average molecular weight is 235 g/mol. The number of aromatic nitrogens is 1. The van der Waals surface area contributed by atoms with E-state index in [1.807, 2.05) is 18.0 Å². The minimum absolute atomic E-state index is 0.322. The SMILES string of the molecule is CC(O)CCN(C)c1nc2cc(N)ccc2o1. The van der Waals surface area contributed by atoms with E-state index >= 15 is 0 Å². The molecule has 0 saturated heterocycles. The van der Waals surface area contributed by atoms with Gasteiger partial charge in [-0.1, -0.05) is 0 Å². The summed E-state index contributed by atoms with van der Waals surface area (Å²) < 4.78 is 5.59. The third-order valence-electron chi connectivity index (χ3n) is 2.61. The maximum Gasteiger partial charge on any atom is 0.298 e. The van der Waals surface area contributed by atoms with Gasteiger partial charge in [0.2, 0.25) is 0 Å². The van der Waals surface area contributed by atoms with Crippen molar-refractivity contribution in [1.82, 2.24) is 4.98 Å². The van der Waals surface area contributed by atoms with Gasteiger partial charge in [-0.15, -0.1) is 0 Å². The number of nitrogens with zero attached hydrogens (tertiary/aromatic N) is 2. The molecule has 1 atom stereocenters. The molecule has 1 aromatic carbocycles. The van der Waals surface area contributed by atoms with Gasteiger partial charge in [-0.25, -0.2) is 0 Å². The summed E-state index contributed by atoms with van der Waals surface area (Å²) in [6, 6.07) is 5.92. The van der Waals surface area contributed by atoms with E-state index in [-0.39, 0.29) is 6.10 Å². The lowest BCUT2D eigenvalue weighted by Gasteiger charge is -2.14. The van der Waals surface area contributed by atoms with Crippen molar-refractivity contribution in [2.45, 2.75) is 19.4 Å².